The van der Waals surface area contributed by atoms with Crippen LogP contribution in [-0.2, 0) is 20.4 Å². The van der Waals surface area contributed by atoms with Crippen molar-refractivity contribution >= 4 is 40.5 Å². The third-order valence-electron chi connectivity index (χ3n) is 8.57. The van der Waals surface area contributed by atoms with E-state index >= 15 is 0 Å². The van der Waals surface area contributed by atoms with Gasteiger partial charge in [-0.25, -0.2) is 0 Å². The van der Waals surface area contributed by atoms with Gasteiger partial charge in [0.25, 0.3) is 5.91 Å². The molecule has 0 aromatic heterocycles. The van der Waals surface area contributed by atoms with Gasteiger partial charge in [-0.3, -0.25) is 9.59 Å². The second-order valence-electron chi connectivity index (χ2n) is 12.0. The molecule has 0 saturated heterocycles. The average Bonchev–Trinajstić information content (AvgIpc) is 3.26. The minimum Gasteiger partial charge on any atom is -1.00 e. The largest absolute Gasteiger partial charge is 1.00 e. The summed E-state index contributed by atoms with van der Waals surface area (Å²) >= 11 is 7.03. The van der Waals surface area contributed by atoms with Crippen LogP contribution in [0.25, 0.3) is 0 Å². The molecule has 5 rings (SSSR count). The maximum atomic E-state index is 12.0. The molecule has 0 radical (unpaired) electrons. The van der Waals surface area contributed by atoms with E-state index in [1.165, 1.54) is 0 Å². The first-order chi connectivity index (χ1) is 19.4. The predicted molar refractivity (Wildman–Crippen MR) is 167 cm³/mol. The number of para-hydroxylation sites is 2. The van der Waals surface area contributed by atoms with E-state index in [1.54, 1.807) is 0 Å². The molecule has 2 aromatic rings. The van der Waals surface area contributed by atoms with Crippen molar-refractivity contribution in [3.63, 3.8) is 0 Å². The zero-order valence-corrected chi connectivity index (χ0v) is 26.9. The summed E-state index contributed by atoms with van der Waals surface area (Å²) in [6.45, 7) is 8.90. The second kappa shape index (κ2) is 12.1. The average molecular weight is 650 g/mol. The summed E-state index contributed by atoms with van der Waals surface area (Å²) in [7, 11) is 0. The van der Waals surface area contributed by atoms with Gasteiger partial charge in [0.1, 0.15) is 6.54 Å². The Kier molecular flexibility index (Phi) is 9.05. The smallest absolute Gasteiger partial charge is 0.283 e. The first-order valence-electron chi connectivity index (χ1n) is 14.1. The number of hydrogen-bond acceptors (Lipinski definition) is 3. The lowest BCUT2D eigenvalue weighted by atomic mass is 9.81. The Morgan fingerprint density at radius 3 is 2.26 bits per heavy atom. The third kappa shape index (κ3) is 5.64. The van der Waals surface area contributed by atoms with Crippen molar-refractivity contribution in [3.05, 3.63) is 106 Å². The number of carbonyl (C=O) groups is 2. The van der Waals surface area contributed by atoms with Gasteiger partial charge in [0.15, 0.2) is 5.71 Å². The summed E-state index contributed by atoms with van der Waals surface area (Å²) in [5.74, 6) is -0.752. The number of halogens is 2. The molecule has 2 aromatic carbocycles. The summed E-state index contributed by atoms with van der Waals surface area (Å²) in [4.78, 5) is 26.0. The molecule has 6 nitrogen and oxygen atoms in total. The van der Waals surface area contributed by atoms with Crippen molar-refractivity contribution < 1.29 is 31.1 Å². The number of primary amides is 2. The highest BCUT2D eigenvalue weighted by Crippen LogP contribution is 2.48. The van der Waals surface area contributed by atoms with Crippen LogP contribution in [0.2, 0.25) is 0 Å². The first kappa shape index (κ1) is 31.5. The maximum Gasteiger partial charge on any atom is 0.283 e. The van der Waals surface area contributed by atoms with Crippen molar-refractivity contribution in [2.45, 2.75) is 57.8 Å². The number of benzene rings is 2. The van der Waals surface area contributed by atoms with Gasteiger partial charge < -0.3 is 33.3 Å². The first-order valence-corrected chi connectivity index (χ1v) is 14.5. The van der Waals surface area contributed by atoms with Crippen molar-refractivity contribution in [1.82, 2.24) is 0 Å². The minimum atomic E-state index is -0.376. The van der Waals surface area contributed by atoms with Crippen molar-refractivity contribution in [1.29, 1.82) is 0 Å². The summed E-state index contributed by atoms with van der Waals surface area (Å²) in [5.41, 5.74) is 19.2. The molecule has 0 spiro atoms. The molecule has 8 heteroatoms. The Labute approximate surface area is 263 Å². The number of nitrogens with two attached hydrogens (primary N) is 2. The van der Waals surface area contributed by atoms with Gasteiger partial charge in [-0.15, -0.1) is 0 Å². The fourth-order valence-electron chi connectivity index (χ4n) is 6.50. The summed E-state index contributed by atoms with van der Waals surface area (Å²) in [6.07, 6.45) is 11.1. The van der Waals surface area contributed by atoms with Gasteiger partial charge >= 0.3 is 0 Å². The lowest BCUT2D eigenvalue weighted by Gasteiger charge is -2.26. The number of fused-ring (bicyclic) bond motifs is 2. The van der Waals surface area contributed by atoms with Crippen LogP contribution in [0.4, 0.5) is 11.4 Å². The standard InChI is InChI=1S/C34H37ClN4O2.BrH/c1-33(2)24-12-5-7-14-26(24)38(20-30(36)40)28(33)18-16-22-10-9-11-23(32(22)35)17-19-29-34(3,4)25-13-6-8-15-27(25)39(29)21-31(37)41;/h5-8,12-19H,9-11,20-21H2,1-4H3,(H3-,36,37,40,41);1H. The van der Waals surface area contributed by atoms with E-state index in [0.717, 1.165) is 69.4 Å². The molecule has 2 heterocycles. The highest BCUT2D eigenvalue weighted by atomic mass is 79.9. The van der Waals surface area contributed by atoms with E-state index in [2.05, 4.69) is 64.1 Å². The lowest BCUT2D eigenvalue weighted by molar-refractivity contribution is -0.424. The summed E-state index contributed by atoms with van der Waals surface area (Å²) in [5, 5.41) is 0.745. The quantitative estimate of drug-likeness (QED) is 0.452. The number of nitrogens with zero attached hydrogens (tertiary/aromatic N) is 2. The molecule has 0 fully saturated rings. The van der Waals surface area contributed by atoms with Crippen LogP contribution in [0, 0.1) is 0 Å². The van der Waals surface area contributed by atoms with E-state index in [-0.39, 0.29) is 52.7 Å². The minimum absolute atomic E-state index is 0. The molecule has 0 atom stereocenters. The Balaban J connectivity index is 0.00000405. The molecule has 0 unspecified atom stereocenters. The fourth-order valence-corrected chi connectivity index (χ4v) is 6.82. The van der Waals surface area contributed by atoms with Gasteiger partial charge in [-0.05, 0) is 62.0 Å². The molecule has 4 N–H and O–H groups in total. The highest BCUT2D eigenvalue weighted by molar-refractivity contribution is 6.32. The van der Waals surface area contributed by atoms with Gasteiger partial charge in [-0.1, -0.05) is 74.0 Å². The molecular weight excluding hydrogens is 612 g/mol. The van der Waals surface area contributed by atoms with Gasteiger partial charge in [0.2, 0.25) is 18.1 Å². The van der Waals surface area contributed by atoms with E-state index < -0.39 is 0 Å². The number of anilines is 1. The van der Waals surface area contributed by atoms with Crippen LogP contribution in [0.5, 0.6) is 0 Å². The van der Waals surface area contributed by atoms with Crippen LogP contribution >= 0.6 is 11.6 Å². The van der Waals surface area contributed by atoms with Crippen molar-refractivity contribution in [3.8, 4) is 0 Å². The van der Waals surface area contributed by atoms with Crippen LogP contribution in [0.15, 0.2) is 94.7 Å². The zero-order chi connectivity index (χ0) is 29.5. The van der Waals surface area contributed by atoms with Crippen molar-refractivity contribution in [2.24, 2.45) is 11.5 Å². The molecule has 220 valence electrons. The van der Waals surface area contributed by atoms with E-state index in [1.807, 2.05) is 45.9 Å². The summed E-state index contributed by atoms with van der Waals surface area (Å²) < 4.78 is 2.01. The summed E-state index contributed by atoms with van der Waals surface area (Å²) in [6, 6.07) is 16.3. The number of hydrogen-bond donors (Lipinski definition) is 2. The van der Waals surface area contributed by atoms with E-state index in [9.17, 15) is 9.59 Å². The SMILES string of the molecule is CC1(C)C(=C/C=C2\CCCC(/C=C/C3=[N+](CC(N)=O)c4ccccc4C3(C)C)=C2Cl)N(CC(N)=O)c2ccccc21.[Br-]. The lowest BCUT2D eigenvalue weighted by Crippen LogP contribution is -3.00. The zero-order valence-electron chi connectivity index (χ0n) is 24.6. The monoisotopic (exact) mass is 648 g/mol. The molecule has 2 amide bonds. The number of allylic oxidation sites excluding steroid dienone is 8. The van der Waals surface area contributed by atoms with E-state index in [4.69, 9.17) is 23.1 Å². The molecule has 0 bridgehead atoms. The number of rotatable bonds is 7. The van der Waals surface area contributed by atoms with Gasteiger partial charge in [0.05, 0.1) is 5.41 Å². The highest BCUT2D eigenvalue weighted by Gasteiger charge is 2.44. The molecule has 2 aliphatic heterocycles. The Morgan fingerprint density at radius 1 is 0.905 bits per heavy atom. The predicted octanol–water partition coefficient (Wildman–Crippen LogP) is 2.88. The maximum absolute atomic E-state index is 12.0. The molecule has 42 heavy (non-hydrogen) atoms. The normalized spacial score (nSPS) is 20.7. The molecule has 3 aliphatic rings. The number of amides is 2. The topological polar surface area (TPSA) is 92.4 Å². The number of carbonyl (C=O) groups excluding carboxylic acids is 2. The molecule has 0 saturated carbocycles. The Morgan fingerprint density at radius 2 is 1.57 bits per heavy atom. The fraction of sp³-hybridized carbons (Fsp3) is 0.324. The van der Waals surface area contributed by atoms with Crippen LogP contribution in [-0.4, -0.2) is 35.2 Å². The Bertz CT molecular complexity index is 1600. The molecular formula is C34H38BrClN4O2. The second-order valence-corrected chi connectivity index (χ2v) is 12.4. The van der Waals surface area contributed by atoms with Gasteiger partial charge in [-0.2, -0.15) is 4.58 Å². The van der Waals surface area contributed by atoms with E-state index in [0.29, 0.717) is 0 Å². The van der Waals surface area contributed by atoms with Crippen molar-refractivity contribution in [2.75, 3.05) is 18.0 Å². The van der Waals surface area contributed by atoms with Crippen LogP contribution in [0.1, 0.15) is 58.1 Å². The Hall–Kier alpha value is -3.42. The van der Waals surface area contributed by atoms with Gasteiger partial charge in [0, 0.05) is 39.5 Å². The van der Waals surface area contributed by atoms with Crippen LogP contribution < -0.4 is 33.3 Å². The molecule has 1 aliphatic carbocycles. The third-order valence-corrected chi connectivity index (χ3v) is 9.05. The van der Waals surface area contributed by atoms with Crippen LogP contribution in [0.3, 0.4) is 0 Å².